The standard InChI is InChI=1S/C19H23ClN2O5S/c1-13(14-8-9-17(26-2)18(10-14)27-3)21-19(23)12-22(28(4,24)25)16-7-5-6-15(20)11-16/h5-11,13H,12H2,1-4H3,(H,21,23)/t13-/m1/s1. The maximum atomic E-state index is 12.5. The van der Waals surface area contributed by atoms with Crippen molar-refractivity contribution in [1.29, 1.82) is 0 Å². The quantitative estimate of drug-likeness (QED) is 0.701. The monoisotopic (exact) mass is 426 g/mol. The molecule has 7 nitrogen and oxygen atoms in total. The number of amides is 1. The van der Waals surface area contributed by atoms with E-state index in [0.717, 1.165) is 16.1 Å². The van der Waals surface area contributed by atoms with Crippen molar-refractivity contribution < 1.29 is 22.7 Å². The van der Waals surface area contributed by atoms with Crippen LogP contribution >= 0.6 is 11.6 Å². The molecule has 0 spiro atoms. The molecule has 2 aromatic carbocycles. The third-order valence-electron chi connectivity index (χ3n) is 4.07. The molecule has 0 aliphatic rings. The first kappa shape index (κ1) is 21.8. The second-order valence-electron chi connectivity index (χ2n) is 6.15. The highest BCUT2D eigenvalue weighted by molar-refractivity contribution is 7.92. The van der Waals surface area contributed by atoms with Crippen LogP contribution in [-0.2, 0) is 14.8 Å². The first-order valence-corrected chi connectivity index (χ1v) is 10.6. The number of anilines is 1. The van der Waals surface area contributed by atoms with Gasteiger partial charge in [-0.25, -0.2) is 8.42 Å². The Labute approximate surface area is 170 Å². The molecule has 2 rings (SSSR count). The van der Waals surface area contributed by atoms with Crippen LogP contribution in [0.15, 0.2) is 42.5 Å². The van der Waals surface area contributed by atoms with Crippen molar-refractivity contribution in [3.05, 3.63) is 53.1 Å². The predicted molar refractivity (Wildman–Crippen MR) is 110 cm³/mol. The van der Waals surface area contributed by atoms with Gasteiger partial charge in [0.2, 0.25) is 15.9 Å². The number of rotatable bonds is 8. The summed E-state index contributed by atoms with van der Waals surface area (Å²) in [5.74, 6) is 0.666. The highest BCUT2D eigenvalue weighted by Gasteiger charge is 2.22. The number of ether oxygens (including phenoxy) is 2. The van der Waals surface area contributed by atoms with Crippen LogP contribution in [0.1, 0.15) is 18.5 Å². The smallest absolute Gasteiger partial charge is 0.241 e. The van der Waals surface area contributed by atoms with E-state index in [9.17, 15) is 13.2 Å². The lowest BCUT2D eigenvalue weighted by molar-refractivity contribution is -0.120. The number of benzene rings is 2. The van der Waals surface area contributed by atoms with Gasteiger partial charge in [-0.05, 0) is 42.8 Å². The molecule has 0 fully saturated rings. The van der Waals surface area contributed by atoms with E-state index in [2.05, 4.69) is 5.32 Å². The van der Waals surface area contributed by atoms with E-state index in [4.69, 9.17) is 21.1 Å². The van der Waals surface area contributed by atoms with E-state index < -0.39 is 15.9 Å². The largest absolute Gasteiger partial charge is 0.493 e. The average Bonchev–Trinajstić information content (AvgIpc) is 2.64. The summed E-state index contributed by atoms with van der Waals surface area (Å²) >= 11 is 5.95. The number of carbonyl (C=O) groups excluding carboxylic acids is 1. The number of carbonyl (C=O) groups is 1. The minimum absolute atomic E-state index is 0.323. The van der Waals surface area contributed by atoms with Crippen LogP contribution in [-0.4, -0.2) is 41.3 Å². The van der Waals surface area contributed by atoms with Crippen LogP contribution in [0, 0.1) is 0 Å². The Morgan fingerprint density at radius 3 is 2.39 bits per heavy atom. The fourth-order valence-corrected chi connectivity index (χ4v) is 3.69. The van der Waals surface area contributed by atoms with Crippen LogP contribution in [0.25, 0.3) is 0 Å². The van der Waals surface area contributed by atoms with Gasteiger partial charge in [0.15, 0.2) is 11.5 Å². The molecule has 0 unspecified atom stereocenters. The van der Waals surface area contributed by atoms with Gasteiger partial charge in [-0.15, -0.1) is 0 Å². The fourth-order valence-electron chi connectivity index (χ4n) is 2.65. The van der Waals surface area contributed by atoms with E-state index in [1.165, 1.54) is 13.2 Å². The summed E-state index contributed by atoms with van der Waals surface area (Å²) in [4.78, 5) is 12.5. The third-order valence-corrected chi connectivity index (χ3v) is 5.44. The lowest BCUT2D eigenvalue weighted by Crippen LogP contribution is -2.41. The second kappa shape index (κ2) is 9.16. The second-order valence-corrected chi connectivity index (χ2v) is 8.50. The maximum Gasteiger partial charge on any atom is 0.241 e. The number of hydrogen-bond donors (Lipinski definition) is 1. The third kappa shape index (κ3) is 5.53. The van der Waals surface area contributed by atoms with E-state index >= 15 is 0 Å². The molecule has 0 saturated heterocycles. The van der Waals surface area contributed by atoms with Crippen LogP contribution in [0.2, 0.25) is 5.02 Å². The van der Waals surface area contributed by atoms with Gasteiger partial charge in [-0.3, -0.25) is 9.10 Å². The van der Waals surface area contributed by atoms with Gasteiger partial charge < -0.3 is 14.8 Å². The van der Waals surface area contributed by atoms with Crippen molar-refractivity contribution in [2.45, 2.75) is 13.0 Å². The molecular weight excluding hydrogens is 404 g/mol. The molecule has 2 aromatic rings. The molecule has 152 valence electrons. The Hall–Kier alpha value is -2.45. The Bertz CT molecular complexity index is 949. The lowest BCUT2D eigenvalue weighted by Gasteiger charge is -2.23. The molecule has 0 bridgehead atoms. The van der Waals surface area contributed by atoms with Gasteiger partial charge in [0.25, 0.3) is 0 Å². The van der Waals surface area contributed by atoms with Crippen LogP contribution in [0.3, 0.4) is 0 Å². The molecule has 0 radical (unpaired) electrons. The summed E-state index contributed by atoms with van der Waals surface area (Å²) < 4.78 is 35.8. The summed E-state index contributed by atoms with van der Waals surface area (Å²) in [6, 6.07) is 11.3. The number of sulfonamides is 1. The van der Waals surface area contributed by atoms with Crippen LogP contribution in [0.4, 0.5) is 5.69 Å². The van der Waals surface area contributed by atoms with Crippen molar-refractivity contribution in [1.82, 2.24) is 5.32 Å². The summed E-state index contributed by atoms with van der Waals surface area (Å²) in [6.07, 6.45) is 1.04. The molecule has 9 heteroatoms. The molecule has 0 heterocycles. The minimum Gasteiger partial charge on any atom is -0.493 e. The van der Waals surface area contributed by atoms with E-state index in [0.29, 0.717) is 22.2 Å². The van der Waals surface area contributed by atoms with Crippen molar-refractivity contribution in [3.63, 3.8) is 0 Å². The number of hydrogen-bond acceptors (Lipinski definition) is 5. The zero-order chi connectivity index (χ0) is 20.9. The first-order chi connectivity index (χ1) is 13.2. The predicted octanol–water partition coefficient (Wildman–Crippen LogP) is 3.00. The zero-order valence-corrected chi connectivity index (χ0v) is 17.7. The van der Waals surface area contributed by atoms with Gasteiger partial charge >= 0.3 is 0 Å². The molecule has 0 aromatic heterocycles. The zero-order valence-electron chi connectivity index (χ0n) is 16.1. The van der Waals surface area contributed by atoms with Crippen molar-refractivity contribution in [2.75, 3.05) is 31.3 Å². The molecule has 28 heavy (non-hydrogen) atoms. The van der Waals surface area contributed by atoms with Gasteiger partial charge in [0.05, 0.1) is 32.2 Å². The van der Waals surface area contributed by atoms with E-state index in [1.807, 2.05) is 0 Å². The van der Waals surface area contributed by atoms with Crippen LogP contribution in [0.5, 0.6) is 11.5 Å². The Morgan fingerprint density at radius 1 is 1.14 bits per heavy atom. The van der Waals surface area contributed by atoms with E-state index in [1.54, 1.807) is 50.4 Å². The fraction of sp³-hybridized carbons (Fsp3) is 0.316. The number of nitrogens with one attached hydrogen (secondary N) is 1. The molecule has 1 N–H and O–H groups in total. The van der Waals surface area contributed by atoms with Gasteiger partial charge in [-0.1, -0.05) is 23.7 Å². The van der Waals surface area contributed by atoms with Crippen molar-refractivity contribution in [2.24, 2.45) is 0 Å². The van der Waals surface area contributed by atoms with Gasteiger partial charge in [0, 0.05) is 5.02 Å². The molecule has 1 amide bonds. The van der Waals surface area contributed by atoms with Crippen LogP contribution < -0.4 is 19.1 Å². The van der Waals surface area contributed by atoms with Crippen molar-refractivity contribution >= 4 is 33.2 Å². The minimum atomic E-state index is -3.67. The molecule has 0 saturated carbocycles. The molecular formula is C19H23ClN2O5S. The topological polar surface area (TPSA) is 84.9 Å². The Kier molecular flexibility index (Phi) is 7.15. The Balaban J connectivity index is 2.16. The summed E-state index contributed by atoms with van der Waals surface area (Å²) in [5.41, 5.74) is 1.11. The highest BCUT2D eigenvalue weighted by atomic mass is 35.5. The number of halogens is 1. The summed E-state index contributed by atoms with van der Waals surface area (Å²) in [5, 5.41) is 3.18. The molecule has 1 atom stereocenters. The van der Waals surface area contributed by atoms with Gasteiger partial charge in [0.1, 0.15) is 6.54 Å². The molecule has 0 aliphatic heterocycles. The number of methoxy groups -OCH3 is 2. The normalized spacial score (nSPS) is 12.2. The highest BCUT2D eigenvalue weighted by Crippen LogP contribution is 2.30. The first-order valence-electron chi connectivity index (χ1n) is 8.40. The summed E-state index contributed by atoms with van der Waals surface area (Å²) in [7, 11) is -0.605. The van der Waals surface area contributed by atoms with Crippen molar-refractivity contribution in [3.8, 4) is 11.5 Å². The molecule has 0 aliphatic carbocycles. The summed E-state index contributed by atoms with van der Waals surface area (Å²) in [6.45, 7) is 1.43. The lowest BCUT2D eigenvalue weighted by atomic mass is 10.1. The number of nitrogens with zero attached hydrogens (tertiary/aromatic N) is 1. The maximum absolute atomic E-state index is 12.5. The SMILES string of the molecule is COc1ccc([C@@H](C)NC(=O)CN(c2cccc(Cl)c2)S(C)(=O)=O)cc1OC. The van der Waals surface area contributed by atoms with Gasteiger partial charge in [-0.2, -0.15) is 0 Å². The van der Waals surface area contributed by atoms with E-state index in [-0.39, 0.29) is 12.6 Å². The Morgan fingerprint density at radius 2 is 1.82 bits per heavy atom. The average molecular weight is 427 g/mol.